The largest absolute Gasteiger partial charge is 0.465 e. The van der Waals surface area contributed by atoms with Gasteiger partial charge in [-0.25, -0.2) is 14.2 Å². The van der Waals surface area contributed by atoms with Crippen LogP contribution in [0.4, 0.5) is 10.2 Å². The van der Waals surface area contributed by atoms with Gasteiger partial charge in [0, 0.05) is 13.1 Å². The maximum atomic E-state index is 13.3. The highest BCUT2D eigenvalue weighted by Gasteiger charge is 2.19. The van der Waals surface area contributed by atoms with Crippen molar-refractivity contribution in [2.24, 2.45) is 0 Å². The van der Waals surface area contributed by atoms with Gasteiger partial charge in [-0.2, -0.15) is 0 Å². The maximum absolute atomic E-state index is 13.3. The molecular weight excluding hydrogens is 283 g/mol. The summed E-state index contributed by atoms with van der Waals surface area (Å²) in [4.78, 5) is 18.2. The SMILES string of the molecule is COC(=O)c1ccc(N2CCc3cc(F)ccc3C2)nc1C. The fraction of sp³-hybridized carbons (Fsp3) is 0.294. The predicted molar refractivity (Wildman–Crippen MR) is 81.5 cm³/mol. The van der Waals surface area contributed by atoms with Gasteiger partial charge >= 0.3 is 5.97 Å². The van der Waals surface area contributed by atoms with E-state index in [-0.39, 0.29) is 11.8 Å². The molecule has 0 amide bonds. The fourth-order valence-electron chi connectivity index (χ4n) is 2.77. The van der Waals surface area contributed by atoms with E-state index in [9.17, 15) is 9.18 Å². The number of halogens is 1. The number of pyridine rings is 1. The number of aryl methyl sites for hydroxylation is 1. The van der Waals surface area contributed by atoms with Crippen molar-refractivity contribution in [2.45, 2.75) is 19.9 Å². The van der Waals surface area contributed by atoms with Crippen molar-refractivity contribution in [3.05, 3.63) is 58.5 Å². The number of benzene rings is 1. The molecule has 22 heavy (non-hydrogen) atoms. The standard InChI is InChI=1S/C17H17FN2O2/c1-11-15(17(21)22-2)5-6-16(19-11)20-8-7-12-9-14(18)4-3-13(12)10-20/h3-6,9H,7-8,10H2,1-2H3. The lowest BCUT2D eigenvalue weighted by atomic mass is 9.99. The number of ether oxygens (including phenoxy) is 1. The number of carbonyl (C=O) groups is 1. The highest BCUT2D eigenvalue weighted by Crippen LogP contribution is 2.24. The highest BCUT2D eigenvalue weighted by atomic mass is 19.1. The van der Waals surface area contributed by atoms with Crippen LogP contribution >= 0.6 is 0 Å². The van der Waals surface area contributed by atoms with Crippen LogP contribution in [0, 0.1) is 12.7 Å². The number of carbonyl (C=O) groups excluding carboxylic acids is 1. The zero-order valence-electron chi connectivity index (χ0n) is 12.6. The number of hydrogen-bond donors (Lipinski definition) is 0. The molecule has 0 aliphatic carbocycles. The smallest absolute Gasteiger partial charge is 0.339 e. The molecule has 3 rings (SSSR count). The van der Waals surface area contributed by atoms with E-state index in [1.807, 2.05) is 12.1 Å². The first-order valence-electron chi connectivity index (χ1n) is 7.16. The van der Waals surface area contributed by atoms with Gasteiger partial charge in [-0.3, -0.25) is 0 Å². The van der Waals surface area contributed by atoms with E-state index in [1.54, 1.807) is 19.1 Å². The molecule has 5 heteroatoms. The zero-order chi connectivity index (χ0) is 15.7. The lowest BCUT2D eigenvalue weighted by molar-refractivity contribution is 0.0599. The van der Waals surface area contributed by atoms with Crippen molar-refractivity contribution in [2.75, 3.05) is 18.6 Å². The molecule has 0 spiro atoms. The molecule has 1 aliphatic rings. The number of methoxy groups -OCH3 is 1. The average Bonchev–Trinajstić information content (AvgIpc) is 2.53. The van der Waals surface area contributed by atoms with E-state index < -0.39 is 0 Å². The Balaban J connectivity index is 1.85. The van der Waals surface area contributed by atoms with Crippen molar-refractivity contribution >= 4 is 11.8 Å². The third-order valence-corrected chi connectivity index (χ3v) is 3.98. The van der Waals surface area contributed by atoms with Crippen LogP contribution in [-0.2, 0) is 17.7 Å². The molecular formula is C17H17FN2O2. The van der Waals surface area contributed by atoms with Crippen LogP contribution in [0.5, 0.6) is 0 Å². The van der Waals surface area contributed by atoms with Crippen molar-refractivity contribution in [3.63, 3.8) is 0 Å². The normalized spacial score (nSPS) is 13.7. The fourth-order valence-corrected chi connectivity index (χ4v) is 2.77. The molecule has 0 fully saturated rings. The highest BCUT2D eigenvalue weighted by molar-refractivity contribution is 5.90. The molecule has 0 saturated heterocycles. The zero-order valence-corrected chi connectivity index (χ0v) is 12.6. The summed E-state index contributed by atoms with van der Waals surface area (Å²) in [7, 11) is 1.36. The molecule has 1 aromatic heterocycles. The van der Waals surface area contributed by atoms with Gasteiger partial charge < -0.3 is 9.64 Å². The molecule has 1 aliphatic heterocycles. The lowest BCUT2D eigenvalue weighted by Crippen LogP contribution is -2.31. The second kappa shape index (κ2) is 5.75. The number of hydrogen-bond acceptors (Lipinski definition) is 4. The van der Waals surface area contributed by atoms with Crippen LogP contribution < -0.4 is 4.90 Å². The summed E-state index contributed by atoms with van der Waals surface area (Å²) >= 11 is 0. The molecule has 4 nitrogen and oxygen atoms in total. The number of nitrogens with zero attached hydrogens (tertiary/aromatic N) is 2. The summed E-state index contributed by atoms with van der Waals surface area (Å²) in [5.74, 6) is 0.250. The van der Waals surface area contributed by atoms with Gasteiger partial charge in [0.15, 0.2) is 0 Å². The third kappa shape index (κ3) is 2.66. The Morgan fingerprint density at radius 2 is 2.09 bits per heavy atom. The van der Waals surface area contributed by atoms with Crippen LogP contribution in [-0.4, -0.2) is 24.6 Å². The van der Waals surface area contributed by atoms with Gasteiger partial charge in [0.2, 0.25) is 0 Å². The lowest BCUT2D eigenvalue weighted by Gasteiger charge is -2.30. The number of esters is 1. The molecule has 0 unspecified atom stereocenters. The Hall–Kier alpha value is -2.43. The molecule has 0 saturated carbocycles. The van der Waals surface area contributed by atoms with E-state index in [4.69, 9.17) is 4.74 Å². The van der Waals surface area contributed by atoms with Crippen LogP contribution in [0.3, 0.4) is 0 Å². The van der Waals surface area contributed by atoms with Crippen molar-refractivity contribution < 1.29 is 13.9 Å². The van der Waals surface area contributed by atoms with Crippen molar-refractivity contribution in [1.29, 1.82) is 0 Å². The quantitative estimate of drug-likeness (QED) is 0.800. The second-order valence-electron chi connectivity index (χ2n) is 5.38. The predicted octanol–water partition coefficient (Wildman–Crippen LogP) is 2.88. The molecule has 0 bridgehead atoms. The van der Waals surface area contributed by atoms with Crippen LogP contribution in [0.1, 0.15) is 27.2 Å². The Labute approximate surface area is 128 Å². The van der Waals surface area contributed by atoms with Crippen LogP contribution in [0.2, 0.25) is 0 Å². The summed E-state index contributed by atoms with van der Waals surface area (Å²) in [6.45, 7) is 3.27. The summed E-state index contributed by atoms with van der Waals surface area (Å²) in [5.41, 5.74) is 3.29. The van der Waals surface area contributed by atoms with E-state index in [0.29, 0.717) is 17.8 Å². The molecule has 2 heterocycles. The van der Waals surface area contributed by atoms with Gasteiger partial charge in [-0.15, -0.1) is 0 Å². The van der Waals surface area contributed by atoms with Gasteiger partial charge in [-0.05, 0) is 48.7 Å². The Bertz CT molecular complexity index is 731. The minimum Gasteiger partial charge on any atom is -0.465 e. The van der Waals surface area contributed by atoms with E-state index >= 15 is 0 Å². The molecule has 0 atom stereocenters. The summed E-state index contributed by atoms with van der Waals surface area (Å²) in [5, 5.41) is 0. The van der Waals surface area contributed by atoms with Gasteiger partial charge in [0.05, 0.1) is 18.4 Å². The summed E-state index contributed by atoms with van der Waals surface area (Å²) in [6.07, 6.45) is 0.784. The van der Waals surface area contributed by atoms with Crippen molar-refractivity contribution in [1.82, 2.24) is 4.98 Å². The maximum Gasteiger partial charge on any atom is 0.339 e. The van der Waals surface area contributed by atoms with Crippen LogP contribution in [0.15, 0.2) is 30.3 Å². The molecule has 1 aromatic carbocycles. The molecule has 0 N–H and O–H groups in total. The average molecular weight is 300 g/mol. The van der Waals surface area contributed by atoms with Crippen molar-refractivity contribution in [3.8, 4) is 0 Å². The number of aromatic nitrogens is 1. The summed E-state index contributed by atoms with van der Waals surface area (Å²) in [6, 6.07) is 8.48. The van der Waals surface area contributed by atoms with Gasteiger partial charge in [0.1, 0.15) is 11.6 Å². The number of anilines is 1. The molecule has 2 aromatic rings. The van der Waals surface area contributed by atoms with E-state index in [2.05, 4.69) is 9.88 Å². The molecule has 114 valence electrons. The monoisotopic (exact) mass is 300 g/mol. The number of rotatable bonds is 2. The third-order valence-electron chi connectivity index (χ3n) is 3.98. The van der Waals surface area contributed by atoms with Gasteiger partial charge in [0.25, 0.3) is 0 Å². The Kier molecular flexibility index (Phi) is 3.79. The Morgan fingerprint density at radius 3 is 2.82 bits per heavy atom. The second-order valence-corrected chi connectivity index (χ2v) is 5.38. The first kappa shape index (κ1) is 14.5. The molecule has 0 radical (unpaired) electrons. The number of fused-ring (bicyclic) bond motifs is 1. The minimum absolute atomic E-state index is 0.191. The minimum atomic E-state index is -0.379. The van der Waals surface area contributed by atoms with E-state index in [0.717, 1.165) is 29.9 Å². The first-order valence-corrected chi connectivity index (χ1v) is 7.16. The van der Waals surface area contributed by atoms with Gasteiger partial charge in [-0.1, -0.05) is 6.07 Å². The topological polar surface area (TPSA) is 42.4 Å². The Morgan fingerprint density at radius 1 is 1.27 bits per heavy atom. The van der Waals surface area contributed by atoms with Crippen LogP contribution in [0.25, 0.3) is 0 Å². The van der Waals surface area contributed by atoms with E-state index in [1.165, 1.54) is 13.2 Å². The summed E-state index contributed by atoms with van der Waals surface area (Å²) < 4.78 is 18.0. The first-order chi connectivity index (χ1) is 10.6.